The second-order valence-electron chi connectivity index (χ2n) is 4.53. The summed E-state index contributed by atoms with van der Waals surface area (Å²) < 4.78 is 28.0. The van der Waals surface area contributed by atoms with Gasteiger partial charge in [0.1, 0.15) is 10.0 Å². The van der Waals surface area contributed by atoms with Crippen molar-refractivity contribution in [2.45, 2.75) is 18.7 Å². The maximum atomic E-state index is 12.5. The first-order chi connectivity index (χ1) is 9.72. The van der Waals surface area contributed by atoms with Crippen molar-refractivity contribution in [3.05, 3.63) is 45.1 Å². The molecule has 0 fully saturated rings. The third kappa shape index (κ3) is 3.30. The van der Waals surface area contributed by atoms with Crippen LogP contribution in [0.15, 0.2) is 33.8 Å². The van der Waals surface area contributed by atoms with Crippen LogP contribution in [0.1, 0.15) is 11.1 Å². The highest BCUT2D eigenvalue weighted by Gasteiger charge is 2.21. The fraction of sp³-hybridized carbons (Fsp3) is 0.154. The number of aryl methyl sites for hydroxylation is 1. The van der Waals surface area contributed by atoms with Gasteiger partial charge < -0.3 is 5.73 Å². The Hall–Kier alpha value is -1.31. The molecule has 5 nitrogen and oxygen atoms in total. The maximum Gasteiger partial charge on any atom is 0.264 e. The monoisotopic (exact) mass is 389 g/mol. The van der Waals surface area contributed by atoms with Crippen molar-refractivity contribution in [2.24, 2.45) is 0 Å². The topological polar surface area (TPSA) is 85.1 Å². The molecule has 0 saturated heterocycles. The minimum Gasteiger partial charge on any atom is -0.398 e. The summed E-state index contributed by atoms with van der Waals surface area (Å²) >= 11 is 8.98. The van der Waals surface area contributed by atoms with E-state index in [9.17, 15) is 8.42 Å². The number of nitrogen functional groups attached to an aromatic ring is 1. The van der Waals surface area contributed by atoms with Crippen molar-refractivity contribution < 1.29 is 8.42 Å². The van der Waals surface area contributed by atoms with Crippen LogP contribution in [0.3, 0.4) is 0 Å². The summed E-state index contributed by atoms with van der Waals surface area (Å²) in [4.78, 5) is 3.96. The third-order valence-corrected chi connectivity index (χ3v) is 5.74. The van der Waals surface area contributed by atoms with E-state index in [-0.39, 0.29) is 15.7 Å². The molecule has 2 rings (SSSR count). The van der Waals surface area contributed by atoms with E-state index < -0.39 is 10.0 Å². The van der Waals surface area contributed by atoms with Gasteiger partial charge >= 0.3 is 0 Å². The Labute approximate surface area is 136 Å². The number of nitrogens with one attached hydrogen (secondary N) is 1. The molecule has 0 radical (unpaired) electrons. The molecule has 0 bridgehead atoms. The van der Waals surface area contributed by atoms with Gasteiger partial charge in [0.25, 0.3) is 10.0 Å². The van der Waals surface area contributed by atoms with Gasteiger partial charge in [0, 0.05) is 0 Å². The Balaban J connectivity index is 2.48. The van der Waals surface area contributed by atoms with Gasteiger partial charge in [0.05, 0.1) is 22.0 Å². The van der Waals surface area contributed by atoms with E-state index >= 15 is 0 Å². The zero-order chi connectivity index (χ0) is 15.8. The number of sulfonamides is 1. The van der Waals surface area contributed by atoms with Crippen LogP contribution in [0.4, 0.5) is 11.4 Å². The van der Waals surface area contributed by atoms with Crippen molar-refractivity contribution in [1.29, 1.82) is 0 Å². The third-order valence-electron chi connectivity index (χ3n) is 3.02. The summed E-state index contributed by atoms with van der Waals surface area (Å²) in [6.07, 6.45) is 1.34. The van der Waals surface area contributed by atoms with Crippen LogP contribution in [0.25, 0.3) is 0 Å². The second kappa shape index (κ2) is 5.82. The number of aromatic nitrogens is 1. The summed E-state index contributed by atoms with van der Waals surface area (Å²) in [5, 5.41) is 0.254. The van der Waals surface area contributed by atoms with Gasteiger partial charge in [-0.3, -0.25) is 4.72 Å². The van der Waals surface area contributed by atoms with Crippen LogP contribution in [0, 0.1) is 13.8 Å². The van der Waals surface area contributed by atoms with Gasteiger partial charge in [-0.2, -0.15) is 0 Å². The van der Waals surface area contributed by atoms with Gasteiger partial charge in [0.2, 0.25) is 0 Å². The highest BCUT2D eigenvalue weighted by Crippen LogP contribution is 2.29. The average Bonchev–Trinajstić information content (AvgIpc) is 2.38. The molecular weight excluding hydrogens is 378 g/mol. The lowest BCUT2D eigenvalue weighted by molar-refractivity contribution is 0.601. The summed E-state index contributed by atoms with van der Waals surface area (Å²) in [5.74, 6) is 0. The molecular formula is C13H13BrClN3O2S. The van der Waals surface area contributed by atoms with Gasteiger partial charge in [-0.05, 0) is 53.0 Å². The number of pyridine rings is 1. The Morgan fingerprint density at radius 1 is 1.33 bits per heavy atom. The minimum atomic E-state index is -3.81. The molecule has 21 heavy (non-hydrogen) atoms. The van der Waals surface area contributed by atoms with E-state index in [1.807, 2.05) is 6.92 Å². The first-order valence-corrected chi connectivity index (χ1v) is 8.57. The SMILES string of the molecule is Cc1ccc(N)c(S(=O)(=O)Nc2cnc(Cl)c(Br)c2)c1C. The molecule has 0 unspecified atom stereocenters. The van der Waals surface area contributed by atoms with Crippen LogP contribution in [0.5, 0.6) is 0 Å². The van der Waals surface area contributed by atoms with Crippen molar-refractivity contribution >= 4 is 48.9 Å². The number of hydrogen-bond donors (Lipinski definition) is 2. The summed E-state index contributed by atoms with van der Waals surface area (Å²) in [6, 6.07) is 4.89. The first kappa shape index (κ1) is 16.1. The van der Waals surface area contributed by atoms with Crippen molar-refractivity contribution in [3.63, 3.8) is 0 Å². The normalized spacial score (nSPS) is 11.4. The van der Waals surface area contributed by atoms with Gasteiger partial charge in [-0.1, -0.05) is 17.7 Å². The maximum absolute atomic E-state index is 12.5. The molecule has 0 aliphatic heterocycles. The number of hydrogen-bond acceptors (Lipinski definition) is 4. The molecule has 112 valence electrons. The quantitative estimate of drug-likeness (QED) is 0.620. The molecule has 1 heterocycles. The predicted octanol–water partition coefficient (Wildman–Crippen LogP) is 3.50. The molecule has 1 aromatic heterocycles. The molecule has 0 amide bonds. The van der Waals surface area contributed by atoms with E-state index in [1.54, 1.807) is 19.1 Å². The van der Waals surface area contributed by atoms with Crippen LogP contribution >= 0.6 is 27.5 Å². The largest absolute Gasteiger partial charge is 0.398 e. The van der Waals surface area contributed by atoms with Crippen molar-refractivity contribution in [1.82, 2.24) is 4.98 Å². The summed E-state index contributed by atoms with van der Waals surface area (Å²) in [5.41, 5.74) is 7.78. The molecule has 0 aliphatic rings. The summed E-state index contributed by atoms with van der Waals surface area (Å²) in [7, 11) is -3.81. The van der Waals surface area contributed by atoms with E-state index in [0.29, 0.717) is 15.7 Å². The Morgan fingerprint density at radius 2 is 2.00 bits per heavy atom. The lowest BCUT2D eigenvalue weighted by Crippen LogP contribution is -2.17. The minimum absolute atomic E-state index is 0.0774. The van der Waals surface area contributed by atoms with Crippen LogP contribution in [-0.2, 0) is 10.0 Å². The Bertz CT molecular complexity index is 809. The smallest absolute Gasteiger partial charge is 0.264 e. The molecule has 8 heteroatoms. The van der Waals surface area contributed by atoms with Crippen molar-refractivity contribution in [3.8, 4) is 0 Å². The highest BCUT2D eigenvalue weighted by molar-refractivity contribution is 9.10. The zero-order valence-electron chi connectivity index (χ0n) is 11.3. The number of rotatable bonds is 3. The highest BCUT2D eigenvalue weighted by atomic mass is 79.9. The Morgan fingerprint density at radius 3 is 2.62 bits per heavy atom. The standard InChI is InChI=1S/C13H13BrClN3O2S/c1-7-3-4-11(16)12(8(7)2)21(19,20)18-9-5-10(14)13(15)17-6-9/h3-6,18H,16H2,1-2H3. The van der Waals surface area contributed by atoms with Crippen LogP contribution in [0.2, 0.25) is 5.15 Å². The van der Waals surface area contributed by atoms with Crippen molar-refractivity contribution in [2.75, 3.05) is 10.5 Å². The average molecular weight is 391 g/mol. The van der Waals surface area contributed by atoms with E-state index in [0.717, 1.165) is 5.56 Å². The number of nitrogens with two attached hydrogens (primary N) is 1. The first-order valence-electron chi connectivity index (χ1n) is 5.92. The zero-order valence-corrected chi connectivity index (χ0v) is 14.5. The van der Waals surface area contributed by atoms with Gasteiger partial charge in [-0.15, -0.1) is 0 Å². The lowest BCUT2D eigenvalue weighted by Gasteiger charge is -2.14. The predicted molar refractivity (Wildman–Crippen MR) is 88.1 cm³/mol. The molecule has 0 aliphatic carbocycles. The molecule has 1 aromatic carbocycles. The van der Waals surface area contributed by atoms with Gasteiger partial charge in [0.15, 0.2) is 0 Å². The molecule has 3 N–H and O–H groups in total. The fourth-order valence-electron chi connectivity index (χ4n) is 1.85. The van der Waals surface area contributed by atoms with Gasteiger partial charge in [-0.25, -0.2) is 13.4 Å². The number of halogens is 2. The lowest BCUT2D eigenvalue weighted by atomic mass is 10.1. The second-order valence-corrected chi connectivity index (χ2v) is 7.36. The number of anilines is 2. The molecule has 0 saturated carbocycles. The summed E-state index contributed by atoms with van der Waals surface area (Å²) in [6.45, 7) is 3.55. The van der Waals surface area contributed by atoms with Crippen LogP contribution in [-0.4, -0.2) is 13.4 Å². The molecule has 0 spiro atoms. The molecule has 0 atom stereocenters. The fourth-order valence-corrected chi connectivity index (χ4v) is 3.77. The molecule has 2 aromatic rings. The Kier molecular flexibility index (Phi) is 4.46. The van der Waals surface area contributed by atoms with Crippen LogP contribution < -0.4 is 10.5 Å². The number of benzene rings is 1. The number of nitrogens with zero attached hydrogens (tertiary/aromatic N) is 1. The van der Waals surface area contributed by atoms with E-state index in [1.165, 1.54) is 12.3 Å². The van der Waals surface area contributed by atoms with E-state index in [4.69, 9.17) is 17.3 Å². The van der Waals surface area contributed by atoms with E-state index in [2.05, 4.69) is 25.6 Å².